The van der Waals surface area contributed by atoms with E-state index in [0.29, 0.717) is 6.04 Å². The van der Waals surface area contributed by atoms with Crippen molar-refractivity contribution in [2.45, 2.75) is 26.3 Å². The number of benzene rings is 1. The number of carbonyl (C=O) groups excluding carboxylic acids is 1. The highest BCUT2D eigenvalue weighted by Gasteiger charge is 2.27. The molecular weight excluding hydrogens is 274 g/mol. The molecule has 2 rings (SSSR count). The van der Waals surface area contributed by atoms with Gasteiger partial charge in [0.05, 0.1) is 12.1 Å². The molecule has 1 aromatic rings. The smallest absolute Gasteiger partial charge is 0.179 e. The first-order valence-corrected chi connectivity index (χ1v) is 7.49. The fourth-order valence-electron chi connectivity index (χ4n) is 3.00. The molecule has 0 amide bonds. The molecule has 1 saturated heterocycles. The fourth-order valence-corrected chi connectivity index (χ4v) is 3.00. The monoisotopic (exact) mass is 296 g/mol. The van der Waals surface area contributed by atoms with Crippen LogP contribution >= 0.6 is 0 Å². The Morgan fingerprint density at radius 2 is 2.05 bits per heavy atom. The Morgan fingerprint density at radius 1 is 1.33 bits per heavy atom. The zero-order valence-corrected chi connectivity index (χ0v) is 12.6. The zero-order valence-electron chi connectivity index (χ0n) is 12.6. The number of hydrogen-bond acceptors (Lipinski definition) is 3. The standard InChI is InChI=1S/C16H22F2N2O/c1-3-20(4-2)13-7-8-19(10-13)11-16(21)14-6-5-12(17)9-15(14)18/h5-6,9,13H,3-4,7-8,10-11H2,1-2H3. The summed E-state index contributed by atoms with van der Waals surface area (Å²) in [5.41, 5.74) is -0.0253. The van der Waals surface area contributed by atoms with Crippen molar-refractivity contribution < 1.29 is 13.6 Å². The average molecular weight is 296 g/mol. The number of ketones is 1. The average Bonchev–Trinajstić information content (AvgIpc) is 2.88. The van der Waals surface area contributed by atoms with E-state index < -0.39 is 11.6 Å². The minimum absolute atomic E-state index is 0.0253. The number of likely N-dealkylation sites (N-methyl/N-ethyl adjacent to an activating group) is 1. The van der Waals surface area contributed by atoms with Crippen LogP contribution in [-0.4, -0.2) is 54.3 Å². The first-order chi connectivity index (χ1) is 10.0. The summed E-state index contributed by atoms with van der Waals surface area (Å²) in [6, 6.07) is 3.57. The van der Waals surface area contributed by atoms with Gasteiger partial charge in [0.1, 0.15) is 11.6 Å². The van der Waals surface area contributed by atoms with Gasteiger partial charge in [-0.05, 0) is 31.6 Å². The van der Waals surface area contributed by atoms with Gasteiger partial charge in [-0.1, -0.05) is 13.8 Å². The van der Waals surface area contributed by atoms with E-state index in [1.54, 1.807) is 0 Å². The molecule has 0 N–H and O–H groups in total. The summed E-state index contributed by atoms with van der Waals surface area (Å²) >= 11 is 0. The molecule has 0 aromatic heterocycles. The number of hydrogen-bond donors (Lipinski definition) is 0. The van der Waals surface area contributed by atoms with Crippen LogP contribution in [-0.2, 0) is 0 Å². The van der Waals surface area contributed by atoms with Gasteiger partial charge < -0.3 is 0 Å². The molecule has 0 saturated carbocycles. The van der Waals surface area contributed by atoms with Crippen molar-refractivity contribution >= 4 is 5.78 Å². The maximum absolute atomic E-state index is 13.6. The van der Waals surface area contributed by atoms with Crippen LogP contribution in [0.1, 0.15) is 30.6 Å². The van der Waals surface area contributed by atoms with Crippen LogP contribution in [0, 0.1) is 11.6 Å². The summed E-state index contributed by atoms with van der Waals surface area (Å²) in [6.45, 7) is 8.12. The Hall–Kier alpha value is -1.33. The minimum atomic E-state index is -0.778. The van der Waals surface area contributed by atoms with Crippen molar-refractivity contribution in [3.8, 4) is 0 Å². The van der Waals surface area contributed by atoms with Crippen molar-refractivity contribution in [3.63, 3.8) is 0 Å². The summed E-state index contributed by atoms with van der Waals surface area (Å²) in [5.74, 6) is -1.72. The van der Waals surface area contributed by atoms with E-state index in [-0.39, 0.29) is 17.9 Å². The topological polar surface area (TPSA) is 23.6 Å². The number of carbonyl (C=O) groups is 1. The lowest BCUT2D eigenvalue weighted by molar-refractivity contribution is 0.0935. The Morgan fingerprint density at radius 3 is 2.67 bits per heavy atom. The van der Waals surface area contributed by atoms with Crippen molar-refractivity contribution in [1.82, 2.24) is 9.80 Å². The molecule has 116 valence electrons. The van der Waals surface area contributed by atoms with E-state index in [2.05, 4.69) is 18.7 Å². The second-order valence-electron chi connectivity index (χ2n) is 5.45. The molecular formula is C16H22F2N2O. The highest BCUT2D eigenvalue weighted by Crippen LogP contribution is 2.17. The highest BCUT2D eigenvalue weighted by atomic mass is 19.1. The lowest BCUT2D eigenvalue weighted by atomic mass is 10.1. The lowest BCUT2D eigenvalue weighted by Gasteiger charge is -2.26. The quantitative estimate of drug-likeness (QED) is 0.754. The van der Waals surface area contributed by atoms with E-state index in [4.69, 9.17) is 0 Å². The molecule has 1 unspecified atom stereocenters. The third-order valence-corrected chi connectivity index (χ3v) is 4.18. The van der Waals surface area contributed by atoms with Crippen molar-refractivity contribution in [2.24, 2.45) is 0 Å². The molecule has 5 heteroatoms. The Labute approximate surface area is 124 Å². The van der Waals surface area contributed by atoms with Crippen LogP contribution in [0.2, 0.25) is 0 Å². The van der Waals surface area contributed by atoms with Gasteiger partial charge in [-0.2, -0.15) is 0 Å². The van der Waals surface area contributed by atoms with Crippen LogP contribution in [0.25, 0.3) is 0 Å². The maximum Gasteiger partial charge on any atom is 0.179 e. The van der Waals surface area contributed by atoms with Gasteiger partial charge in [0.15, 0.2) is 5.78 Å². The molecule has 0 aliphatic carbocycles. The van der Waals surface area contributed by atoms with Gasteiger partial charge in [0, 0.05) is 25.2 Å². The van der Waals surface area contributed by atoms with E-state index >= 15 is 0 Å². The fraction of sp³-hybridized carbons (Fsp3) is 0.562. The first-order valence-electron chi connectivity index (χ1n) is 7.49. The van der Waals surface area contributed by atoms with Crippen molar-refractivity contribution in [2.75, 3.05) is 32.7 Å². The molecule has 1 aliphatic heterocycles. The van der Waals surface area contributed by atoms with E-state index in [9.17, 15) is 13.6 Å². The van der Waals surface area contributed by atoms with Gasteiger partial charge in [-0.15, -0.1) is 0 Å². The van der Waals surface area contributed by atoms with E-state index in [0.717, 1.165) is 44.7 Å². The van der Waals surface area contributed by atoms with Gasteiger partial charge in [-0.3, -0.25) is 14.6 Å². The summed E-state index contributed by atoms with van der Waals surface area (Å²) in [6.07, 6.45) is 1.03. The second-order valence-corrected chi connectivity index (χ2v) is 5.45. The molecule has 0 radical (unpaired) electrons. The summed E-state index contributed by atoms with van der Waals surface area (Å²) in [5, 5.41) is 0. The molecule has 0 spiro atoms. The van der Waals surface area contributed by atoms with Crippen LogP contribution in [0.4, 0.5) is 8.78 Å². The lowest BCUT2D eigenvalue weighted by Crippen LogP contribution is -2.38. The number of rotatable bonds is 6. The number of nitrogens with zero attached hydrogens (tertiary/aromatic N) is 2. The predicted molar refractivity (Wildman–Crippen MR) is 78.5 cm³/mol. The van der Waals surface area contributed by atoms with Gasteiger partial charge in [0.2, 0.25) is 0 Å². The first kappa shape index (κ1) is 16.0. The van der Waals surface area contributed by atoms with Gasteiger partial charge in [-0.25, -0.2) is 8.78 Å². The second kappa shape index (κ2) is 7.09. The van der Waals surface area contributed by atoms with Crippen molar-refractivity contribution in [3.05, 3.63) is 35.4 Å². The summed E-state index contributed by atoms with van der Waals surface area (Å²) < 4.78 is 26.5. The van der Waals surface area contributed by atoms with Gasteiger partial charge >= 0.3 is 0 Å². The van der Waals surface area contributed by atoms with E-state index in [1.165, 1.54) is 6.07 Å². The largest absolute Gasteiger partial charge is 0.300 e. The minimum Gasteiger partial charge on any atom is -0.300 e. The van der Waals surface area contributed by atoms with Crippen LogP contribution in [0.5, 0.6) is 0 Å². The summed E-state index contributed by atoms with van der Waals surface area (Å²) in [4.78, 5) is 16.6. The Bertz CT molecular complexity index is 503. The summed E-state index contributed by atoms with van der Waals surface area (Å²) in [7, 11) is 0. The number of halogens is 2. The Balaban J connectivity index is 1.95. The molecule has 1 atom stereocenters. The molecule has 21 heavy (non-hydrogen) atoms. The predicted octanol–water partition coefficient (Wildman–Crippen LogP) is 2.56. The molecule has 0 bridgehead atoms. The number of likely N-dealkylation sites (tertiary alicyclic amines) is 1. The number of Topliss-reactive ketones (excluding diaryl/α,β-unsaturated/α-hetero) is 1. The maximum atomic E-state index is 13.6. The van der Waals surface area contributed by atoms with Crippen molar-refractivity contribution in [1.29, 1.82) is 0 Å². The molecule has 3 nitrogen and oxygen atoms in total. The molecule has 1 heterocycles. The van der Waals surface area contributed by atoms with Crippen LogP contribution in [0.3, 0.4) is 0 Å². The van der Waals surface area contributed by atoms with Crippen LogP contribution < -0.4 is 0 Å². The molecule has 1 aromatic carbocycles. The molecule has 1 fully saturated rings. The third-order valence-electron chi connectivity index (χ3n) is 4.18. The van der Waals surface area contributed by atoms with E-state index in [1.807, 2.05) is 4.90 Å². The SMILES string of the molecule is CCN(CC)C1CCN(CC(=O)c2ccc(F)cc2F)C1. The Kier molecular flexibility index (Phi) is 5.42. The normalized spacial score (nSPS) is 19.4. The third kappa shape index (κ3) is 3.86. The van der Waals surface area contributed by atoms with Crippen LogP contribution in [0.15, 0.2) is 18.2 Å². The molecule has 1 aliphatic rings. The highest BCUT2D eigenvalue weighted by molar-refractivity contribution is 5.97. The van der Waals surface area contributed by atoms with Gasteiger partial charge in [0.25, 0.3) is 0 Å². The zero-order chi connectivity index (χ0) is 15.4.